The highest BCUT2D eigenvalue weighted by molar-refractivity contribution is 7.89. The van der Waals surface area contributed by atoms with Gasteiger partial charge >= 0.3 is 0 Å². The van der Waals surface area contributed by atoms with Gasteiger partial charge in [-0.05, 0) is 37.1 Å². The Bertz CT molecular complexity index is 740. The van der Waals surface area contributed by atoms with Gasteiger partial charge in [-0.25, -0.2) is 17.7 Å². The minimum atomic E-state index is -3.52. The Morgan fingerprint density at radius 1 is 1.27 bits per heavy atom. The topological polar surface area (TPSA) is 59.5 Å². The van der Waals surface area contributed by atoms with Gasteiger partial charge in [0.25, 0.3) is 0 Å². The molecule has 7 heteroatoms. The highest BCUT2D eigenvalue weighted by atomic mass is 32.2. The Balaban J connectivity index is 2.24. The summed E-state index contributed by atoms with van der Waals surface area (Å²) in [5.74, 6) is 0.696. The molecule has 0 aliphatic rings. The number of rotatable bonds is 6. The van der Waals surface area contributed by atoms with Crippen molar-refractivity contribution in [1.29, 1.82) is 0 Å². The number of thiazole rings is 1. The fourth-order valence-electron chi connectivity index (χ4n) is 2.18. The summed E-state index contributed by atoms with van der Waals surface area (Å²) in [4.78, 5) is 4.50. The molecule has 0 fully saturated rings. The number of methoxy groups -OCH3 is 1. The third kappa shape index (κ3) is 3.48. The highest BCUT2D eigenvalue weighted by Gasteiger charge is 2.24. The van der Waals surface area contributed by atoms with E-state index in [-0.39, 0.29) is 0 Å². The van der Waals surface area contributed by atoms with Crippen LogP contribution in [0, 0.1) is 13.8 Å². The van der Waals surface area contributed by atoms with Gasteiger partial charge in [0, 0.05) is 31.6 Å². The van der Waals surface area contributed by atoms with Crippen LogP contribution in [0.15, 0.2) is 28.6 Å². The molecular formula is C15H20N2O3S2. The number of sulfonamides is 1. The summed E-state index contributed by atoms with van der Waals surface area (Å²) in [6, 6.07) is 3.43. The maximum Gasteiger partial charge on any atom is 0.243 e. The lowest BCUT2D eigenvalue weighted by Gasteiger charge is -2.19. The molecule has 0 aliphatic heterocycles. The third-order valence-electron chi connectivity index (χ3n) is 3.50. The summed E-state index contributed by atoms with van der Waals surface area (Å²) in [6.07, 6.45) is 2.34. The van der Waals surface area contributed by atoms with Crippen LogP contribution in [0.3, 0.4) is 0 Å². The quantitative estimate of drug-likeness (QED) is 0.811. The largest absolute Gasteiger partial charge is 0.496 e. The molecule has 5 nitrogen and oxygen atoms in total. The first-order chi connectivity index (χ1) is 10.4. The summed E-state index contributed by atoms with van der Waals surface area (Å²) < 4.78 is 32.1. The van der Waals surface area contributed by atoms with Crippen molar-refractivity contribution in [2.75, 3.05) is 20.7 Å². The van der Waals surface area contributed by atoms with Crippen molar-refractivity contribution in [3.63, 3.8) is 0 Å². The van der Waals surface area contributed by atoms with Crippen LogP contribution in [0.1, 0.15) is 16.1 Å². The van der Waals surface area contributed by atoms with Gasteiger partial charge in [-0.2, -0.15) is 0 Å². The molecule has 22 heavy (non-hydrogen) atoms. The zero-order chi connectivity index (χ0) is 16.3. The second-order valence-corrected chi connectivity index (χ2v) is 8.08. The van der Waals surface area contributed by atoms with E-state index >= 15 is 0 Å². The van der Waals surface area contributed by atoms with Crippen molar-refractivity contribution in [2.24, 2.45) is 0 Å². The van der Waals surface area contributed by atoms with Gasteiger partial charge in [-0.15, -0.1) is 11.3 Å². The van der Waals surface area contributed by atoms with Crippen LogP contribution in [0.25, 0.3) is 0 Å². The number of hydrogen-bond donors (Lipinski definition) is 0. The summed E-state index contributed by atoms with van der Waals surface area (Å²) in [7, 11) is -0.337. The van der Waals surface area contributed by atoms with Gasteiger partial charge in [-0.1, -0.05) is 0 Å². The van der Waals surface area contributed by atoms with E-state index in [0.29, 0.717) is 29.2 Å². The molecule has 0 N–H and O–H groups in total. The molecule has 0 saturated heterocycles. The Morgan fingerprint density at radius 2 is 2.00 bits per heavy atom. The van der Waals surface area contributed by atoms with E-state index in [4.69, 9.17) is 4.74 Å². The fourth-order valence-corrected chi connectivity index (χ4v) is 4.25. The van der Waals surface area contributed by atoms with Gasteiger partial charge in [0.2, 0.25) is 10.0 Å². The second-order valence-electron chi connectivity index (χ2n) is 5.09. The van der Waals surface area contributed by atoms with E-state index < -0.39 is 10.0 Å². The van der Waals surface area contributed by atoms with Gasteiger partial charge in [0.1, 0.15) is 5.75 Å². The first-order valence-electron chi connectivity index (χ1n) is 6.86. The Morgan fingerprint density at radius 3 is 2.59 bits per heavy atom. The lowest BCUT2D eigenvalue weighted by Crippen LogP contribution is -2.29. The van der Waals surface area contributed by atoms with Crippen molar-refractivity contribution >= 4 is 21.4 Å². The average molecular weight is 340 g/mol. The van der Waals surface area contributed by atoms with Crippen LogP contribution >= 0.6 is 11.3 Å². The summed E-state index contributed by atoms with van der Waals surface area (Å²) in [5.41, 5.74) is 1.49. The van der Waals surface area contributed by atoms with Crippen LogP contribution in [-0.2, 0) is 16.4 Å². The van der Waals surface area contributed by atoms with Gasteiger partial charge in [0.05, 0.1) is 17.0 Å². The summed E-state index contributed by atoms with van der Waals surface area (Å²) in [5, 5.41) is 2.82. The van der Waals surface area contributed by atoms with Crippen molar-refractivity contribution in [3.05, 3.63) is 39.8 Å². The van der Waals surface area contributed by atoms with Crippen LogP contribution < -0.4 is 4.74 Å². The fraction of sp³-hybridized carbons (Fsp3) is 0.400. The molecule has 0 saturated carbocycles. The standard InChI is InChI=1S/C15H20N2O3S2/c1-11-10-14(12(2)9-13(11)20-4)22(18,19)17(3)7-5-15-16-6-8-21-15/h6,8-10H,5,7H2,1-4H3. The summed E-state index contributed by atoms with van der Waals surface area (Å²) >= 11 is 1.53. The summed E-state index contributed by atoms with van der Waals surface area (Å²) in [6.45, 7) is 4.02. The zero-order valence-corrected chi connectivity index (χ0v) is 14.8. The molecule has 0 amide bonds. The van der Waals surface area contributed by atoms with Crippen LogP contribution in [-0.4, -0.2) is 38.4 Å². The van der Waals surface area contributed by atoms with Crippen LogP contribution in [0.2, 0.25) is 0 Å². The first-order valence-corrected chi connectivity index (χ1v) is 9.18. The molecule has 120 valence electrons. The predicted molar refractivity (Wildman–Crippen MR) is 88.1 cm³/mol. The Labute approximate surface area is 135 Å². The van der Waals surface area contributed by atoms with E-state index in [1.165, 1.54) is 15.6 Å². The molecule has 2 aromatic rings. The first kappa shape index (κ1) is 16.9. The number of aromatic nitrogens is 1. The number of nitrogens with zero attached hydrogens (tertiary/aromatic N) is 2. The molecule has 2 rings (SSSR count). The van der Waals surface area contributed by atoms with E-state index in [2.05, 4.69) is 4.98 Å². The minimum absolute atomic E-state index is 0.326. The maximum absolute atomic E-state index is 12.7. The predicted octanol–water partition coefficient (Wildman–Crippen LogP) is 2.63. The lowest BCUT2D eigenvalue weighted by atomic mass is 10.1. The molecule has 1 aromatic carbocycles. The maximum atomic E-state index is 12.7. The van der Waals surface area contributed by atoms with Gasteiger partial charge < -0.3 is 4.74 Å². The SMILES string of the molecule is COc1cc(C)c(S(=O)(=O)N(C)CCc2nccs2)cc1C. The van der Waals surface area contributed by atoms with E-state index in [1.54, 1.807) is 39.4 Å². The van der Waals surface area contributed by atoms with Crippen LogP contribution in [0.4, 0.5) is 0 Å². The molecular weight excluding hydrogens is 320 g/mol. The molecule has 0 bridgehead atoms. The average Bonchev–Trinajstić information content (AvgIpc) is 2.99. The normalized spacial score (nSPS) is 11.9. The van der Waals surface area contributed by atoms with E-state index in [1.807, 2.05) is 12.3 Å². The monoisotopic (exact) mass is 340 g/mol. The Kier molecular flexibility index (Phi) is 5.20. The molecule has 0 atom stereocenters. The highest BCUT2D eigenvalue weighted by Crippen LogP contribution is 2.27. The van der Waals surface area contributed by atoms with Crippen molar-refractivity contribution in [2.45, 2.75) is 25.2 Å². The van der Waals surface area contributed by atoms with Gasteiger partial charge in [0.15, 0.2) is 0 Å². The van der Waals surface area contributed by atoms with E-state index in [9.17, 15) is 8.42 Å². The van der Waals surface area contributed by atoms with Crippen LogP contribution in [0.5, 0.6) is 5.75 Å². The zero-order valence-electron chi connectivity index (χ0n) is 13.2. The number of likely N-dealkylation sites (N-methyl/N-ethyl adjacent to an activating group) is 1. The molecule has 1 heterocycles. The van der Waals surface area contributed by atoms with Crippen molar-refractivity contribution in [3.8, 4) is 5.75 Å². The number of aryl methyl sites for hydroxylation is 2. The lowest BCUT2D eigenvalue weighted by molar-refractivity contribution is 0.410. The second kappa shape index (κ2) is 6.76. The smallest absolute Gasteiger partial charge is 0.243 e. The number of benzene rings is 1. The van der Waals surface area contributed by atoms with E-state index in [0.717, 1.165) is 10.6 Å². The van der Waals surface area contributed by atoms with Crippen molar-refractivity contribution in [1.82, 2.24) is 9.29 Å². The number of hydrogen-bond acceptors (Lipinski definition) is 5. The van der Waals surface area contributed by atoms with Gasteiger partial charge in [-0.3, -0.25) is 0 Å². The minimum Gasteiger partial charge on any atom is -0.496 e. The molecule has 1 aromatic heterocycles. The molecule has 0 spiro atoms. The molecule has 0 aliphatic carbocycles. The Hall–Kier alpha value is -1.44. The molecule has 0 radical (unpaired) electrons. The third-order valence-corrected chi connectivity index (χ3v) is 6.34. The van der Waals surface area contributed by atoms with Crippen molar-refractivity contribution < 1.29 is 13.2 Å². The number of ether oxygens (including phenoxy) is 1. The molecule has 0 unspecified atom stereocenters.